The molecule has 2 heterocycles. The van der Waals surface area contributed by atoms with Gasteiger partial charge in [0.2, 0.25) is 5.95 Å². The Morgan fingerprint density at radius 2 is 2.05 bits per heavy atom. The number of anilines is 1. The number of ether oxygens (including phenoxy) is 2. The van der Waals surface area contributed by atoms with E-state index in [-0.39, 0.29) is 11.7 Å². The van der Waals surface area contributed by atoms with E-state index in [0.29, 0.717) is 22.5 Å². The van der Waals surface area contributed by atoms with E-state index in [9.17, 15) is 8.78 Å². The van der Waals surface area contributed by atoms with E-state index >= 15 is 0 Å². The maximum Gasteiger partial charge on any atom is 0.387 e. The van der Waals surface area contributed by atoms with E-state index in [4.69, 9.17) is 10.5 Å². The van der Waals surface area contributed by atoms with Crippen LogP contribution in [0.1, 0.15) is 0 Å². The molecule has 2 N–H and O–H groups in total. The van der Waals surface area contributed by atoms with E-state index < -0.39 is 6.61 Å². The highest BCUT2D eigenvalue weighted by molar-refractivity contribution is 5.81. The highest BCUT2D eigenvalue weighted by Gasteiger charge is 2.17. The Bertz CT molecular complexity index is 820. The second-order valence-electron chi connectivity index (χ2n) is 4.41. The molecule has 0 saturated heterocycles. The number of alkyl halides is 2. The van der Waals surface area contributed by atoms with Gasteiger partial charge in [-0.2, -0.15) is 8.78 Å². The summed E-state index contributed by atoms with van der Waals surface area (Å²) in [5, 5.41) is 7.85. The van der Waals surface area contributed by atoms with Crippen molar-refractivity contribution in [1.82, 2.24) is 14.6 Å². The third kappa shape index (κ3) is 2.39. The molecular weight excluding hydrogens is 294 g/mol. The number of aromatic nitrogens is 3. The molecule has 0 unspecified atom stereocenters. The van der Waals surface area contributed by atoms with Gasteiger partial charge >= 0.3 is 6.61 Å². The zero-order valence-electron chi connectivity index (χ0n) is 11.5. The number of hydrogen-bond donors (Lipinski definition) is 1. The summed E-state index contributed by atoms with van der Waals surface area (Å²) in [5.41, 5.74) is 7.13. The van der Waals surface area contributed by atoms with Crippen LogP contribution in [0.15, 0.2) is 36.5 Å². The highest BCUT2D eigenvalue weighted by Crippen LogP contribution is 2.35. The van der Waals surface area contributed by atoms with Gasteiger partial charge in [0.1, 0.15) is 17.2 Å². The molecule has 0 atom stereocenters. The van der Waals surface area contributed by atoms with Crippen molar-refractivity contribution in [3.63, 3.8) is 0 Å². The molecule has 6 nitrogen and oxygen atoms in total. The number of benzene rings is 1. The lowest BCUT2D eigenvalue weighted by Gasteiger charge is -2.13. The Morgan fingerprint density at radius 3 is 2.77 bits per heavy atom. The first-order valence-corrected chi connectivity index (χ1v) is 6.32. The zero-order valence-corrected chi connectivity index (χ0v) is 11.5. The minimum absolute atomic E-state index is 0.0449. The average Bonchev–Trinajstić information content (AvgIpc) is 2.98. The topological polar surface area (TPSA) is 74.7 Å². The Kier molecular flexibility index (Phi) is 3.50. The van der Waals surface area contributed by atoms with Crippen molar-refractivity contribution in [2.45, 2.75) is 6.61 Å². The lowest BCUT2D eigenvalue weighted by Crippen LogP contribution is -2.06. The quantitative estimate of drug-likeness (QED) is 0.802. The summed E-state index contributed by atoms with van der Waals surface area (Å²) in [4.78, 5) is 0. The predicted octanol–water partition coefficient (Wildman–Crippen LogP) is 2.59. The number of rotatable bonds is 4. The summed E-state index contributed by atoms with van der Waals surface area (Å²) < 4.78 is 36.5. The van der Waals surface area contributed by atoms with Crippen molar-refractivity contribution < 1.29 is 18.3 Å². The van der Waals surface area contributed by atoms with Gasteiger partial charge in [0.15, 0.2) is 0 Å². The summed E-state index contributed by atoms with van der Waals surface area (Å²) >= 11 is 0. The highest BCUT2D eigenvalue weighted by atomic mass is 19.3. The van der Waals surface area contributed by atoms with Crippen molar-refractivity contribution in [2.24, 2.45) is 0 Å². The molecule has 3 aromatic rings. The SMILES string of the molecule is COc1ccc(-c2nnc(N)n3cccc23)c(OC(F)F)c1. The molecule has 114 valence electrons. The molecular formula is C14H12F2N4O2. The first kappa shape index (κ1) is 14.1. The van der Waals surface area contributed by atoms with E-state index in [1.54, 1.807) is 34.9 Å². The van der Waals surface area contributed by atoms with Crippen LogP contribution in [0, 0.1) is 0 Å². The Hall–Kier alpha value is -2.90. The van der Waals surface area contributed by atoms with Crippen molar-refractivity contribution in [3.8, 4) is 22.8 Å². The number of nitrogens with zero attached hydrogens (tertiary/aromatic N) is 3. The van der Waals surface area contributed by atoms with Crippen LogP contribution in [0.5, 0.6) is 11.5 Å². The maximum absolute atomic E-state index is 12.6. The lowest BCUT2D eigenvalue weighted by atomic mass is 10.1. The van der Waals surface area contributed by atoms with E-state index in [1.807, 2.05) is 0 Å². The van der Waals surface area contributed by atoms with Crippen molar-refractivity contribution >= 4 is 11.5 Å². The van der Waals surface area contributed by atoms with Crippen molar-refractivity contribution in [1.29, 1.82) is 0 Å². The van der Waals surface area contributed by atoms with Gasteiger partial charge in [-0.05, 0) is 24.3 Å². The number of fused-ring (bicyclic) bond motifs is 1. The third-order valence-corrected chi connectivity index (χ3v) is 3.15. The van der Waals surface area contributed by atoms with Crippen LogP contribution in [0.4, 0.5) is 14.7 Å². The molecule has 0 aliphatic carbocycles. The third-order valence-electron chi connectivity index (χ3n) is 3.15. The van der Waals surface area contributed by atoms with Crippen LogP contribution in [-0.4, -0.2) is 28.3 Å². The van der Waals surface area contributed by atoms with Crippen LogP contribution < -0.4 is 15.2 Å². The maximum atomic E-state index is 12.6. The Labute approximate surface area is 124 Å². The van der Waals surface area contributed by atoms with Gasteiger partial charge in [0.25, 0.3) is 0 Å². The van der Waals surface area contributed by atoms with E-state index in [2.05, 4.69) is 14.9 Å². The normalized spacial score (nSPS) is 11.1. The molecule has 0 aliphatic rings. The summed E-state index contributed by atoms with van der Waals surface area (Å²) in [6, 6.07) is 8.11. The number of methoxy groups -OCH3 is 1. The summed E-state index contributed by atoms with van der Waals surface area (Å²) in [5.74, 6) is 0.555. The first-order valence-electron chi connectivity index (χ1n) is 6.32. The van der Waals surface area contributed by atoms with Crippen molar-refractivity contribution in [3.05, 3.63) is 36.5 Å². The van der Waals surface area contributed by atoms with E-state index in [1.165, 1.54) is 13.2 Å². The molecule has 3 rings (SSSR count). The zero-order chi connectivity index (χ0) is 15.7. The van der Waals surface area contributed by atoms with Gasteiger partial charge < -0.3 is 15.2 Å². The molecule has 0 saturated carbocycles. The van der Waals surface area contributed by atoms with Gasteiger partial charge in [-0.25, -0.2) is 0 Å². The van der Waals surface area contributed by atoms with Gasteiger partial charge in [0.05, 0.1) is 12.6 Å². The summed E-state index contributed by atoms with van der Waals surface area (Å²) in [6.07, 6.45) is 1.71. The number of hydrogen-bond acceptors (Lipinski definition) is 5. The summed E-state index contributed by atoms with van der Waals surface area (Å²) in [7, 11) is 1.44. The predicted molar refractivity (Wildman–Crippen MR) is 76.0 cm³/mol. The number of nitrogen functional groups attached to an aromatic ring is 1. The second kappa shape index (κ2) is 5.47. The average molecular weight is 306 g/mol. The molecule has 1 aromatic carbocycles. The second-order valence-corrected chi connectivity index (χ2v) is 4.41. The van der Waals surface area contributed by atoms with Gasteiger partial charge in [-0.3, -0.25) is 4.40 Å². The fourth-order valence-corrected chi connectivity index (χ4v) is 2.18. The van der Waals surface area contributed by atoms with Gasteiger partial charge in [-0.1, -0.05) is 0 Å². The number of nitrogens with two attached hydrogens (primary N) is 1. The van der Waals surface area contributed by atoms with Crippen LogP contribution in [0.25, 0.3) is 16.8 Å². The molecule has 0 spiro atoms. The molecule has 0 bridgehead atoms. The minimum atomic E-state index is -2.96. The van der Waals surface area contributed by atoms with Crippen LogP contribution in [-0.2, 0) is 0 Å². The van der Waals surface area contributed by atoms with E-state index in [0.717, 1.165) is 0 Å². The minimum Gasteiger partial charge on any atom is -0.497 e. The molecule has 8 heteroatoms. The van der Waals surface area contributed by atoms with Crippen LogP contribution in [0.2, 0.25) is 0 Å². The molecule has 0 amide bonds. The first-order chi connectivity index (χ1) is 10.6. The van der Waals surface area contributed by atoms with Crippen LogP contribution >= 0.6 is 0 Å². The molecule has 22 heavy (non-hydrogen) atoms. The number of halogens is 2. The molecule has 0 aliphatic heterocycles. The molecule has 2 aromatic heterocycles. The molecule has 0 fully saturated rings. The molecule has 0 radical (unpaired) electrons. The van der Waals surface area contributed by atoms with Crippen LogP contribution in [0.3, 0.4) is 0 Å². The summed E-state index contributed by atoms with van der Waals surface area (Å²) in [6.45, 7) is -2.96. The lowest BCUT2D eigenvalue weighted by molar-refractivity contribution is -0.0495. The fourth-order valence-electron chi connectivity index (χ4n) is 2.18. The largest absolute Gasteiger partial charge is 0.497 e. The Balaban J connectivity index is 2.21. The standard InChI is InChI=1S/C14H12F2N4O2/c1-21-8-4-5-9(11(7-8)22-13(15)16)12-10-3-2-6-20(10)14(17)19-18-12/h2-7,13H,1H3,(H2,17,19). The van der Waals surface area contributed by atoms with Gasteiger partial charge in [0, 0.05) is 17.8 Å². The van der Waals surface area contributed by atoms with Gasteiger partial charge in [-0.15, -0.1) is 10.2 Å². The Morgan fingerprint density at radius 1 is 1.23 bits per heavy atom. The monoisotopic (exact) mass is 306 g/mol. The van der Waals surface area contributed by atoms with Crippen molar-refractivity contribution in [2.75, 3.05) is 12.8 Å². The smallest absolute Gasteiger partial charge is 0.387 e. The fraction of sp³-hybridized carbons (Fsp3) is 0.143.